The average molecular weight is 200 g/mol. The molecule has 0 unspecified atom stereocenters. The zero-order valence-corrected chi connectivity index (χ0v) is 8.36. The van der Waals surface area contributed by atoms with Crippen LogP contribution in [0.25, 0.3) is 10.9 Å². The van der Waals surface area contributed by atoms with Crippen LogP contribution in [0.15, 0.2) is 30.5 Å². The van der Waals surface area contributed by atoms with Crippen molar-refractivity contribution in [3.63, 3.8) is 0 Å². The van der Waals surface area contributed by atoms with Crippen LogP contribution in [-0.4, -0.2) is 17.6 Å². The molecule has 0 fully saturated rings. The number of hydrogen-bond donors (Lipinski definition) is 0. The van der Waals surface area contributed by atoms with E-state index in [1.54, 1.807) is 31.3 Å². The lowest BCUT2D eigenvalue weighted by Gasteiger charge is -2.04. The molecule has 1 aromatic carbocycles. The standard InChI is InChI=1S/C12H10NO2/c1-2-15-12(14)10-5-3-7-11-9(10)6-4-8-13-11/h3,5-8H,2H2,1H3. The van der Waals surface area contributed by atoms with Gasteiger partial charge in [-0.2, -0.15) is 0 Å². The van der Waals surface area contributed by atoms with Gasteiger partial charge in [-0.1, -0.05) is 6.07 Å². The van der Waals surface area contributed by atoms with Crippen molar-refractivity contribution in [3.8, 4) is 0 Å². The first-order valence-corrected chi connectivity index (χ1v) is 4.75. The summed E-state index contributed by atoms with van der Waals surface area (Å²) < 4.78 is 4.96. The van der Waals surface area contributed by atoms with Gasteiger partial charge in [0.05, 0.1) is 17.7 Å². The molecule has 2 rings (SSSR count). The van der Waals surface area contributed by atoms with E-state index in [9.17, 15) is 4.79 Å². The first-order valence-electron chi connectivity index (χ1n) is 4.75. The van der Waals surface area contributed by atoms with Gasteiger partial charge in [-0.3, -0.25) is 4.98 Å². The van der Waals surface area contributed by atoms with Crippen molar-refractivity contribution in [2.75, 3.05) is 6.61 Å². The summed E-state index contributed by atoms with van der Waals surface area (Å²) >= 11 is 0. The first-order chi connectivity index (χ1) is 7.33. The SMILES string of the molecule is CCOC(=O)c1cccc2nc[c]cc12. The molecular weight excluding hydrogens is 190 g/mol. The number of benzene rings is 1. The maximum atomic E-state index is 11.6. The molecule has 0 amide bonds. The van der Waals surface area contributed by atoms with Gasteiger partial charge in [0.1, 0.15) is 0 Å². The summed E-state index contributed by atoms with van der Waals surface area (Å²) in [7, 11) is 0. The van der Waals surface area contributed by atoms with E-state index < -0.39 is 0 Å². The number of pyridine rings is 1. The Bertz CT molecular complexity index is 488. The molecule has 15 heavy (non-hydrogen) atoms. The molecule has 1 heterocycles. The molecule has 0 saturated heterocycles. The Balaban J connectivity index is 2.56. The highest BCUT2D eigenvalue weighted by molar-refractivity contribution is 6.03. The quantitative estimate of drug-likeness (QED) is 0.698. The second-order valence-corrected chi connectivity index (χ2v) is 3.03. The minimum Gasteiger partial charge on any atom is -0.462 e. The number of fused-ring (bicyclic) bond motifs is 1. The minimum absolute atomic E-state index is 0.315. The van der Waals surface area contributed by atoms with Crippen molar-refractivity contribution in [2.45, 2.75) is 6.92 Å². The largest absolute Gasteiger partial charge is 0.462 e. The molecule has 2 aromatic rings. The van der Waals surface area contributed by atoms with Crippen molar-refractivity contribution < 1.29 is 9.53 Å². The van der Waals surface area contributed by atoms with Gasteiger partial charge in [0, 0.05) is 17.6 Å². The smallest absolute Gasteiger partial charge is 0.338 e. The summed E-state index contributed by atoms with van der Waals surface area (Å²) in [5.74, 6) is -0.315. The Morgan fingerprint density at radius 1 is 1.53 bits per heavy atom. The van der Waals surface area contributed by atoms with Gasteiger partial charge < -0.3 is 4.74 Å². The van der Waals surface area contributed by atoms with Gasteiger partial charge in [0.25, 0.3) is 0 Å². The van der Waals surface area contributed by atoms with Crippen LogP contribution < -0.4 is 0 Å². The number of carbonyl (C=O) groups excluding carboxylic acids is 1. The summed E-state index contributed by atoms with van der Waals surface area (Å²) in [5.41, 5.74) is 1.32. The van der Waals surface area contributed by atoms with E-state index in [1.165, 1.54) is 0 Å². The molecular formula is C12H10NO2. The van der Waals surface area contributed by atoms with E-state index in [4.69, 9.17) is 4.74 Å². The van der Waals surface area contributed by atoms with Crippen LogP contribution in [0.5, 0.6) is 0 Å². The van der Waals surface area contributed by atoms with Gasteiger partial charge in [0.2, 0.25) is 0 Å². The maximum Gasteiger partial charge on any atom is 0.338 e. The van der Waals surface area contributed by atoms with Crippen molar-refractivity contribution >= 4 is 16.9 Å². The van der Waals surface area contributed by atoms with E-state index in [1.807, 2.05) is 6.07 Å². The Kier molecular flexibility index (Phi) is 2.63. The zero-order valence-electron chi connectivity index (χ0n) is 8.36. The monoisotopic (exact) mass is 200 g/mol. The second-order valence-electron chi connectivity index (χ2n) is 3.03. The van der Waals surface area contributed by atoms with E-state index >= 15 is 0 Å². The molecule has 0 spiro atoms. The number of carbonyl (C=O) groups is 1. The van der Waals surface area contributed by atoms with Crippen LogP contribution in [0, 0.1) is 6.07 Å². The molecule has 0 aliphatic heterocycles. The molecule has 0 atom stereocenters. The van der Waals surface area contributed by atoms with Crippen LogP contribution in [0.1, 0.15) is 17.3 Å². The summed E-state index contributed by atoms with van der Waals surface area (Å²) in [6.45, 7) is 2.16. The third kappa shape index (κ3) is 1.81. The van der Waals surface area contributed by atoms with Crippen LogP contribution in [0.3, 0.4) is 0 Å². The van der Waals surface area contributed by atoms with Crippen molar-refractivity contribution in [1.82, 2.24) is 4.98 Å². The Labute approximate surface area is 87.7 Å². The zero-order chi connectivity index (χ0) is 10.7. The number of hydrogen-bond acceptors (Lipinski definition) is 3. The Hall–Kier alpha value is -1.90. The molecule has 3 nitrogen and oxygen atoms in total. The molecule has 0 aliphatic carbocycles. The van der Waals surface area contributed by atoms with Gasteiger partial charge >= 0.3 is 5.97 Å². The van der Waals surface area contributed by atoms with Crippen LogP contribution in [0.2, 0.25) is 0 Å². The predicted octanol–water partition coefficient (Wildman–Crippen LogP) is 2.21. The first kappa shape index (κ1) is 9.65. The highest BCUT2D eigenvalue weighted by Gasteiger charge is 2.10. The minimum atomic E-state index is -0.315. The molecule has 1 aromatic heterocycles. The van der Waals surface area contributed by atoms with Gasteiger partial charge in [-0.25, -0.2) is 4.79 Å². The number of ether oxygens (including phenoxy) is 1. The van der Waals surface area contributed by atoms with Gasteiger partial charge in [-0.15, -0.1) is 0 Å². The lowest BCUT2D eigenvalue weighted by Crippen LogP contribution is -2.05. The predicted molar refractivity (Wildman–Crippen MR) is 56.5 cm³/mol. The molecule has 0 aliphatic rings. The summed E-state index contributed by atoms with van der Waals surface area (Å²) in [6, 6.07) is 9.98. The van der Waals surface area contributed by atoms with E-state index in [0.717, 1.165) is 10.9 Å². The fraction of sp³-hybridized carbons (Fsp3) is 0.167. The highest BCUT2D eigenvalue weighted by Crippen LogP contribution is 2.16. The lowest BCUT2D eigenvalue weighted by atomic mass is 10.1. The third-order valence-corrected chi connectivity index (χ3v) is 2.08. The summed E-state index contributed by atoms with van der Waals surface area (Å²) in [4.78, 5) is 15.7. The molecule has 75 valence electrons. The highest BCUT2D eigenvalue weighted by atomic mass is 16.5. The van der Waals surface area contributed by atoms with Gasteiger partial charge in [-0.05, 0) is 25.1 Å². The van der Waals surface area contributed by atoms with Crippen molar-refractivity contribution in [2.24, 2.45) is 0 Å². The second kappa shape index (κ2) is 4.09. The van der Waals surface area contributed by atoms with Gasteiger partial charge in [0.15, 0.2) is 0 Å². The van der Waals surface area contributed by atoms with Crippen LogP contribution >= 0.6 is 0 Å². The molecule has 0 bridgehead atoms. The number of aromatic nitrogens is 1. The lowest BCUT2D eigenvalue weighted by molar-refractivity contribution is 0.0528. The fourth-order valence-corrected chi connectivity index (χ4v) is 1.43. The summed E-state index contributed by atoms with van der Waals surface area (Å²) in [6.07, 6.45) is 1.58. The van der Waals surface area contributed by atoms with Crippen molar-refractivity contribution in [3.05, 3.63) is 42.1 Å². The fourth-order valence-electron chi connectivity index (χ4n) is 1.43. The van der Waals surface area contributed by atoms with Crippen LogP contribution in [0.4, 0.5) is 0 Å². The number of esters is 1. The molecule has 0 saturated carbocycles. The summed E-state index contributed by atoms with van der Waals surface area (Å²) in [5, 5.41) is 0.776. The van der Waals surface area contributed by atoms with Crippen molar-refractivity contribution in [1.29, 1.82) is 0 Å². The molecule has 3 heteroatoms. The van der Waals surface area contributed by atoms with E-state index in [-0.39, 0.29) is 5.97 Å². The maximum absolute atomic E-state index is 11.6. The Morgan fingerprint density at radius 2 is 2.40 bits per heavy atom. The van der Waals surface area contributed by atoms with Crippen LogP contribution in [-0.2, 0) is 4.74 Å². The Morgan fingerprint density at radius 3 is 3.20 bits per heavy atom. The third-order valence-electron chi connectivity index (χ3n) is 2.08. The average Bonchev–Trinajstić information content (AvgIpc) is 2.28. The molecule has 1 radical (unpaired) electrons. The normalized spacial score (nSPS) is 10.2. The van der Waals surface area contributed by atoms with E-state index in [2.05, 4.69) is 11.1 Å². The topological polar surface area (TPSA) is 39.2 Å². The number of rotatable bonds is 2. The van der Waals surface area contributed by atoms with E-state index in [0.29, 0.717) is 12.2 Å². The number of nitrogens with zero attached hydrogens (tertiary/aromatic N) is 1. The molecule has 0 N–H and O–H groups in total.